The van der Waals surface area contributed by atoms with Crippen molar-refractivity contribution in [2.45, 2.75) is 71.8 Å². The third kappa shape index (κ3) is 5.58. The first-order chi connectivity index (χ1) is 13.5. The van der Waals surface area contributed by atoms with Crippen LogP contribution in [0.1, 0.15) is 65.7 Å². The molecule has 2 heterocycles. The van der Waals surface area contributed by atoms with Crippen molar-refractivity contribution in [3.8, 4) is 0 Å². The summed E-state index contributed by atoms with van der Waals surface area (Å²) in [7, 11) is 2.25. The maximum Gasteiger partial charge on any atom is 0.139 e. The van der Waals surface area contributed by atoms with Gasteiger partial charge in [0.25, 0.3) is 0 Å². The lowest BCUT2D eigenvalue weighted by molar-refractivity contribution is -0.130. The summed E-state index contributed by atoms with van der Waals surface area (Å²) in [5.41, 5.74) is 0. The number of carbonyl (C=O) groups excluding carboxylic acids is 1. The topological polar surface area (TPSA) is 26.8 Å². The molecule has 3 aliphatic rings. The Labute approximate surface area is 174 Å². The standard InChI is InChI=1S/C24H45N3O/c1-5-19(3)24(28)23-8-7-22(17-21(23)6-2)27-15-13-26(14-16-27)18-20-9-11-25(4)12-10-20/h19-23H,5-18H2,1-4H3. The van der Waals surface area contributed by atoms with Crippen LogP contribution >= 0.6 is 0 Å². The van der Waals surface area contributed by atoms with E-state index >= 15 is 0 Å². The number of carbonyl (C=O) groups is 1. The van der Waals surface area contributed by atoms with E-state index in [-0.39, 0.29) is 5.92 Å². The number of hydrogen-bond acceptors (Lipinski definition) is 4. The number of rotatable bonds is 7. The molecule has 162 valence electrons. The Morgan fingerprint density at radius 2 is 1.64 bits per heavy atom. The number of piperazine rings is 1. The zero-order valence-electron chi connectivity index (χ0n) is 19.0. The van der Waals surface area contributed by atoms with E-state index in [1.54, 1.807) is 0 Å². The number of likely N-dealkylation sites (tertiary alicyclic amines) is 1. The maximum absolute atomic E-state index is 12.8. The smallest absolute Gasteiger partial charge is 0.139 e. The number of piperidine rings is 1. The predicted octanol–water partition coefficient (Wildman–Crippen LogP) is 3.76. The Bertz CT molecular complexity index is 480. The van der Waals surface area contributed by atoms with Crippen molar-refractivity contribution in [2.24, 2.45) is 23.7 Å². The molecular formula is C24H45N3O. The van der Waals surface area contributed by atoms with Crippen LogP contribution in [0.15, 0.2) is 0 Å². The summed E-state index contributed by atoms with van der Waals surface area (Å²) >= 11 is 0. The van der Waals surface area contributed by atoms with Gasteiger partial charge in [-0.15, -0.1) is 0 Å². The van der Waals surface area contributed by atoms with Gasteiger partial charge in [-0.05, 0) is 70.5 Å². The van der Waals surface area contributed by atoms with E-state index in [4.69, 9.17) is 0 Å². The molecule has 0 bridgehead atoms. The number of ketones is 1. The van der Waals surface area contributed by atoms with Crippen LogP contribution in [-0.2, 0) is 4.79 Å². The molecule has 0 aromatic rings. The van der Waals surface area contributed by atoms with E-state index in [1.807, 2.05) is 0 Å². The largest absolute Gasteiger partial charge is 0.306 e. The molecule has 4 atom stereocenters. The lowest BCUT2D eigenvalue weighted by Crippen LogP contribution is -2.53. The van der Waals surface area contributed by atoms with Crippen LogP contribution in [0.5, 0.6) is 0 Å². The van der Waals surface area contributed by atoms with Gasteiger partial charge < -0.3 is 9.80 Å². The minimum atomic E-state index is 0.249. The molecule has 28 heavy (non-hydrogen) atoms. The second-order valence-electron chi connectivity index (χ2n) is 10.0. The third-order valence-electron chi connectivity index (χ3n) is 8.22. The molecular weight excluding hydrogens is 346 g/mol. The molecule has 4 unspecified atom stereocenters. The highest BCUT2D eigenvalue weighted by Gasteiger charge is 2.37. The van der Waals surface area contributed by atoms with E-state index in [0.717, 1.165) is 24.8 Å². The Morgan fingerprint density at radius 1 is 0.964 bits per heavy atom. The fourth-order valence-corrected chi connectivity index (χ4v) is 5.88. The lowest BCUT2D eigenvalue weighted by Gasteiger charge is -2.45. The van der Waals surface area contributed by atoms with E-state index in [9.17, 15) is 4.79 Å². The summed E-state index contributed by atoms with van der Waals surface area (Å²) in [6.07, 6.45) is 8.53. The van der Waals surface area contributed by atoms with E-state index in [0.29, 0.717) is 17.6 Å². The number of nitrogens with zero attached hydrogens (tertiary/aromatic N) is 3. The zero-order valence-corrected chi connectivity index (χ0v) is 19.0. The van der Waals surface area contributed by atoms with Gasteiger partial charge in [0.05, 0.1) is 0 Å². The molecule has 2 aliphatic heterocycles. The second-order valence-corrected chi connectivity index (χ2v) is 10.0. The van der Waals surface area contributed by atoms with Crippen LogP contribution in [0.3, 0.4) is 0 Å². The van der Waals surface area contributed by atoms with Crippen molar-refractivity contribution in [2.75, 3.05) is 52.9 Å². The number of hydrogen-bond donors (Lipinski definition) is 0. The molecule has 0 amide bonds. The van der Waals surface area contributed by atoms with Gasteiger partial charge in [0.2, 0.25) is 0 Å². The first-order valence-electron chi connectivity index (χ1n) is 12.2. The zero-order chi connectivity index (χ0) is 20.1. The van der Waals surface area contributed by atoms with E-state index < -0.39 is 0 Å². The van der Waals surface area contributed by atoms with Gasteiger partial charge in [-0.2, -0.15) is 0 Å². The normalized spacial score (nSPS) is 33.1. The summed E-state index contributed by atoms with van der Waals surface area (Å²) < 4.78 is 0. The molecule has 2 saturated heterocycles. The van der Waals surface area contributed by atoms with Gasteiger partial charge in [-0.25, -0.2) is 0 Å². The predicted molar refractivity (Wildman–Crippen MR) is 118 cm³/mol. The Morgan fingerprint density at radius 3 is 2.25 bits per heavy atom. The van der Waals surface area contributed by atoms with Crippen LogP contribution in [0.2, 0.25) is 0 Å². The second kappa shape index (κ2) is 10.5. The number of Topliss-reactive ketones (excluding diaryl/α,β-unsaturated/α-hetero) is 1. The van der Waals surface area contributed by atoms with E-state index in [2.05, 4.69) is 42.5 Å². The minimum absolute atomic E-state index is 0.249. The van der Waals surface area contributed by atoms with Crippen LogP contribution < -0.4 is 0 Å². The highest BCUT2D eigenvalue weighted by molar-refractivity contribution is 5.83. The highest BCUT2D eigenvalue weighted by atomic mass is 16.1. The molecule has 3 fully saturated rings. The van der Waals surface area contributed by atoms with Crippen LogP contribution in [-0.4, -0.2) is 79.4 Å². The van der Waals surface area contributed by atoms with Crippen LogP contribution in [0, 0.1) is 23.7 Å². The third-order valence-corrected chi connectivity index (χ3v) is 8.22. The molecule has 4 heteroatoms. The van der Waals surface area contributed by atoms with Crippen molar-refractivity contribution in [1.29, 1.82) is 0 Å². The Balaban J connectivity index is 1.44. The van der Waals surface area contributed by atoms with Crippen molar-refractivity contribution < 1.29 is 4.79 Å². The van der Waals surface area contributed by atoms with Gasteiger partial charge in [0, 0.05) is 50.6 Å². The summed E-state index contributed by atoms with van der Waals surface area (Å²) in [5, 5.41) is 0. The van der Waals surface area contributed by atoms with Crippen molar-refractivity contribution in [3.05, 3.63) is 0 Å². The highest BCUT2D eigenvalue weighted by Crippen LogP contribution is 2.37. The fraction of sp³-hybridized carbons (Fsp3) is 0.958. The van der Waals surface area contributed by atoms with Gasteiger partial charge >= 0.3 is 0 Å². The first kappa shape index (κ1) is 22.2. The van der Waals surface area contributed by atoms with Crippen LogP contribution in [0.4, 0.5) is 0 Å². The van der Waals surface area contributed by atoms with E-state index in [1.165, 1.54) is 77.9 Å². The average Bonchev–Trinajstić information content (AvgIpc) is 2.74. The average molecular weight is 392 g/mol. The lowest BCUT2D eigenvalue weighted by atomic mass is 9.71. The molecule has 0 spiro atoms. The molecule has 1 aliphatic carbocycles. The summed E-state index contributed by atoms with van der Waals surface area (Å²) in [4.78, 5) is 20.8. The molecule has 0 aromatic carbocycles. The minimum Gasteiger partial charge on any atom is -0.306 e. The fourth-order valence-electron chi connectivity index (χ4n) is 5.88. The first-order valence-corrected chi connectivity index (χ1v) is 12.2. The molecule has 0 radical (unpaired) electrons. The van der Waals surface area contributed by atoms with Gasteiger partial charge in [-0.1, -0.05) is 27.2 Å². The monoisotopic (exact) mass is 391 g/mol. The quantitative estimate of drug-likeness (QED) is 0.660. The van der Waals surface area contributed by atoms with Crippen molar-refractivity contribution in [1.82, 2.24) is 14.7 Å². The van der Waals surface area contributed by atoms with Crippen LogP contribution in [0.25, 0.3) is 0 Å². The molecule has 4 nitrogen and oxygen atoms in total. The summed E-state index contributed by atoms with van der Waals surface area (Å²) in [6.45, 7) is 15.4. The van der Waals surface area contributed by atoms with Gasteiger partial charge in [0.15, 0.2) is 0 Å². The Hall–Kier alpha value is -0.450. The molecule has 1 saturated carbocycles. The molecule has 0 aromatic heterocycles. The summed E-state index contributed by atoms with van der Waals surface area (Å²) in [5.74, 6) is 2.66. The van der Waals surface area contributed by atoms with Gasteiger partial charge in [-0.3, -0.25) is 9.69 Å². The van der Waals surface area contributed by atoms with Crippen molar-refractivity contribution in [3.63, 3.8) is 0 Å². The molecule has 3 rings (SSSR count). The Kier molecular flexibility index (Phi) is 8.37. The van der Waals surface area contributed by atoms with Gasteiger partial charge in [0.1, 0.15) is 5.78 Å². The SMILES string of the molecule is CCC(C)C(=O)C1CCC(N2CCN(CC3CCN(C)CC3)CC2)CC1CC. The summed E-state index contributed by atoms with van der Waals surface area (Å²) in [6, 6.07) is 0.719. The molecule has 0 N–H and O–H groups in total. The van der Waals surface area contributed by atoms with Crippen molar-refractivity contribution >= 4 is 5.78 Å². The maximum atomic E-state index is 12.8.